The minimum atomic E-state index is -4.69. The molecule has 3 aromatic rings. The Balaban J connectivity index is 1.41. The summed E-state index contributed by atoms with van der Waals surface area (Å²) in [5.74, 6) is -1.21. The van der Waals surface area contributed by atoms with Gasteiger partial charge >= 0.3 is 12.2 Å². The zero-order valence-corrected chi connectivity index (χ0v) is 26.3. The average molecular weight is 662 g/mol. The molecule has 48 heavy (non-hydrogen) atoms. The first-order valence-corrected chi connectivity index (χ1v) is 14.9. The van der Waals surface area contributed by atoms with E-state index in [0.717, 1.165) is 12.1 Å². The number of alkyl halides is 3. The first-order chi connectivity index (χ1) is 22.8. The largest absolute Gasteiger partial charge is 0.491 e. The molecular weight excluding hydrogens is 627 g/mol. The van der Waals surface area contributed by atoms with E-state index in [1.54, 1.807) is 66.8 Å². The van der Waals surface area contributed by atoms with Crippen molar-refractivity contribution in [2.45, 2.75) is 32.5 Å². The van der Waals surface area contributed by atoms with Gasteiger partial charge in [0, 0.05) is 31.1 Å². The van der Waals surface area contributed by atoms with Gasteiger partial charge in [0.1, 0.15) is 23.0 Å². The van der Waals surface area contributed by atoms with E-state index in [4.69, 9.17) is 9.47 Å². The number of hydrogen-bond acceptors (Lipinski definition) is 6. The minimum absolute atomic E-state index is 0.0309. The summed E-state index contributed by atoms with van der Waals surface area (Å²) in [6, 6.07) is 14.5. The fraction of sp³-hybridized carbons (Fsp3) is 0.222. The second-order valence-corrected chi connectivity index (χ2v) is 10.9. The molecule has 9 nitrogen and oxygen atoms in total. The third-order valence-electron chi connectivity index (χ3n) is 7.36. The summed E-state index contributed by atoms with van der Waals surface area (Å²) in [6.45, 7) is 4.82. The second kappa shape index (κ2) is 15.8. The highest BCUT2D eigenvalue weighted by Crippen LogP contribution is 2.38. The number of benzene rings is 3. The average Bonchev–Trinajstić information content (AvgIpc) is 3.10. The molecule has 4 rings (SSSR count). The van der Waals surface area contributed by atoms with Gasteiger partial charge in [-0.3, -0.25) is 14.4 Å². The molecule has 0 radical (unpaired) electrons. The van der Waals surface area contributed by atoms with Gasteiger partial charge in [0.15, 0.2) is 5.78 Å². The third-order valence-corrected chi connectivity index (χ3v) is 7.36. The number of ketones is 2. The number of halogens is 3. The summed E-state index contributed by atoms with van der Waals surface area (Å²) < 4.78 is 52.8. The van der Waals surface area contributed by atoms with E-state index in [-0.39, 0.29) is 60.3 Å². The van der Waals surface area contributed by atoms with Crippen molar-refractivity contribution >= 4 is 29.2 Å². The number of ether oxygens (including phenoxy) is 2. The van der Waals surface area contributed by atoms with Crippen LogP contribution in [-0.2, 0) is 22.3 Å². The fourth-order valence-electron chi connectivity index (χ4n) is 4.82. The molecule has 0 fully saturated rings. The van der Waals surface area contributed by atoms with E-state index < -0.39 is 29.5 Å². The molecule has 3 amide bonds. The maximum absolute atomic E-state index is 13.7. The highest BCUT2D eigenvalue weighted by Gasteiger charge is 2.34. The van der Waals surface area contributed by atoms with Crippen LogP contribution in [0.25, 0.3) is 0 Å². The molecule has 1 aliphatic rings. The molecule has 3 N–H and O–H groups in total. The monoisotopic (exact) mass is 661 g/mol. The number of amides is 3. The van der Waals surface area contributed by atoms with Gasteiger partial charge in [-0.05, 0) is 66.9 Å². The van der Waals surface area contributed by atoms with Crippen LogP contribution in [0.15, 0.2) is 97.1 Å². The van der Waals surface area contributed by atoms with Crippen molar-refractivity contribution in [3.8, 4) is 17.2 Å². The molecule has 0 spiro atoms. The lowest BCUT2D eigenvalue weighted by Gasteiger charge is -2.19. The standard InChI is InChI=1S/C36H34F3N3O6/c1-22-8-5-4-6-11-31(43)28(33(22)44)16-17-47-32-18-23(2)29(36(37,38)39)20-30(32)42-35(46)41-21-24-12-14-26(15-13-24)48-27-10-7-9-25(19-27)34(45)40-3/h4-10,12-15,18-20,28H,1,11,16-17,21H2,2-3H3,(H,40,45)(H2,41,42,46)/b6-4-,8-5-. The summed E-state index contributed by atoms with van der Waals surface area (Å²) in [6.07, 6.45) is 1.68. The topological polar surface area (TPSA) is 123 Å². The Hall–Kier alpha value is -5.65. The Morgan fingerprint density at radius 1 is 1.00 bits per heavy atom. The molecule has 0 aliphatic heterocycles. The molecule has 0 saturated carbocycles. The zero-order chi connectivity index (χ0) is 34.8. The van der Waals surface area contributed by atoms with Gasteiger partial charge in [0.2, 0.25) is 0 Å². The van der Waals surface area contributed by atoms with Crippen molar-refractivity contribution in [1.29, 1.82) is 0 Å². The van der Waals surface area contributed by atoms with Crippen LogP contribution in [0, 0.1) is 12.8 Å². The number of rotatable bonds is 10. The molecule has 1 atom stereocenters. The summed E-state index contributed by atoms with van der Waals surface area (Å²) in [7, 11) is 1.53. The molecule has 250 valence electrons. The second-order valence-electron chi connectivity index (χ2n) is 10.9. The SMILES string of the molecule is C=C1/C=C\C=C/CC(=O)C(CCOc2cc(C)c(C(F)(F)F)cc2NC(=O)NCc2ccc(Oc3cccc(C(=O)NC)c3)cc2)C1=O. The highest BCUT2D eigenvalue weighted by molar-refractivity contribution is 6.11. The maximum Gasteiger partial charge on any atom is 0.416 e. The summed E-state index contributed by atoms with van der Waals surface area (Å²) in [4.78, 5) is 50.2. The number of allylic oxidation sites excluding steroid dienone is 5. The van der Waals surface area contributed by atoms with Gasteiger partial charge in [-0.2, -0.15) is 13.2 Å². The number of aryl methyl sites for hydroxylation is 1. The Morgan fingerprint density at radius 3 is 2.46 bits per heavy atom. The van der Waals surface area contributed by atoms with E-state index >= 15 is 0 Å². The number of carbonyl (C=O) groups excluding carboxylic acids is 4. The van der Waals surface area contributed by atoms with Crippen molar-refractivity contribution in [1.82, 2.24) is 10.6 Å². The summed E-state index contributed by atoms with van der Waals surface area (Å²) in [5.41, 5.74) is -0.0794. The molecule has 12 heteroatoms. The Labute approximate surface area is 275 Å². The van der Waals surface area contributed by atoms with Crippen LogP contribution in [0.4, 0.5) is 23.7 Å². The van der Waals surface area contributed by atoms with Gasteiger partial charge in [-0.1, -0.05) is 49.1 Å². The van der Waals surface area contributed by atoms with Gasteiger partial charge < -0.3 is 25.4 Å². The number of anilines is 1. The zero-order valence-electron chi connectivity index (χ0n) is 26.3. The molecule has 0 saturated heterocycles. The number of hydrogen-bond donors (Lipinski definition) is 3. The van der Waals surface area contributed by atoms with Gasteiger partial charge in [-0.25, -0.2) is 4.79 Å². The molecule has 0 bridgehead atoms. The Bertz CT molecular complexity index is 1760. The maximum atomic E-state index is 13.7. The van der Waals surface area contributed by atoms with Crippen LogP contribution in [-0.4, -0.2) is 37.2 Å². The number of urea groups is 1. The lowest BCUT2D eigenvalue weighted by Crippen LogP contribution is -2.29. The van der Waals surface area contributed by atoms with Crippen LogP contribution in [0.2, 0.25) is 0 Å². The molecular formula is C36H34F3N3O6. The fourth-order valence-corrected chi connectivity index (χ4v) is 4.82. The number of carbonyl (C=O) groups is 4. The molecule has 1 unspecified atom stereocenters. The van der Waals surface area contributed by atoms with Crippen molar-refractivity contribution in [2.24, 2.45) is 5.92 Å². The Morgan fingerprint density at radius 2 is 1.75 bits per heavy atom. The van der Waals surface area contributed by atoms with E-state index in [1.807, 2.05) is 0 Å². The minimum Gasteiger partial charge on any atom is -0.491 e. The molecule has 3 aromatic carbocycles. The molecule has 0 aromatic heterocycles. The van der Waals surface area contributed by atoms with Gasteiger partial charge in [-0.15, -0.1) is 0 Å². The summed E-state index contributed by atoms with van der Waals surface area (Å²) >= 11 is 0. The first-order valence-electron chi connectivity index (χ1n) is 14.9. The van der Waals surface area contributed by atoms with Crippen molar-refractivity contribution in [2.75, 3.05) is 19.0 Å². The molecule has 0 heterocycles. The van der Waals surface area contributed by atoms with E-state index in [1.165, 1.54) is 20.0 Å². The van der Waals surface area contributed by atoms with Gasteiger partial charge in [0.05, 0.1) is 23.8 Å². The van der Waals surface area contributed by atoms with Gasteiger partial charge in [0.25, 0.3) is 5.91 Å². The van der Waals surface area contributed by atoms with Crippen molar-refractivity contribution in [3.05, 3.63) is 119 Å². The van der Waals surface area contributed by atoms with Crippen LogP contribution in [0.1, 0.15) is 39.9 Å². The van der Waals surface area contributed by atoms with Crippen LogP contribution in [0.5, 0.6) is 17.2 Å². The lowest BCUT2D eigenvalue weighted by atomic mass is 9.90. The van der Waals surface area contributed by atoms with Crippen molar-refractivity contribution < 1.29 is 41.8 Å². The smallest absolute Gasteiger partial charge is 0.416 e. The van der Waals surface area contributed by atoms with Crippen LogP contribution < -0.4 is 25.4 Å². The molecule has 1 aliphatic carbocycles. The van der Waals surface area contributed by atoms with E-state index in [9.17, 15) is 32.3 Å². The first kappa shape index (κ1) is 35.2. The quantitative estimate of drug-likeness (QED) is 0.158. The van der Waals surface area contributed by atoms with E-state index in [0.29, 0.717) is 22.6 Å². The van der Waals surface area contributed by atoms with Crippen molar-refractivity contribution in [3.63, 3.8) is 0 Å². The Kier molecular flexibility index (Phi) is 11.6. The predicted octanol–water partition coefficient (Wildman–Crippen LogP) is 7.08. The van der Waals surface area contributed by atoms with E-state index in [2.05, 4.69) is 22.5 Å². The third kappa shape index (κ3) is 9.44. The predicted molar refractivity (Wildman–Crippen MR) is 174 cm³/mol. The summed E-state index contributed by atoms with van der Waals surface area (Å²) in [5, 5.41) is 7.57. The number of Topliss-reactive ketones (excluding diaryl/α,β-unsaturated/α-hetero) is 2. The normalized spacial score (nSPS) is 16.2. The lowest BCUT2D eigenvalue weighted by molar-refractivity contribution is -0.138. The van der Waals surface area contributed by atoms with Crippen LogP contribution in [0.3, 0.4) is 0 Å². The van der Waals surface area contributed by atoms with Crippen LogP contribution >= 0.6 is 0 Å². The number of nitrogens with one attached hydrogen (secondary N) is 3. The highest BCUT2D eigenvalue weighted by atomic mass is 19.4.